The third-order valence-electron chi connectivity index (χ3n) is 2.98. The minimum absolute atomic E-state index is 0.00286. The van der Waals surface area contributed by atoms with Gasteiger partial charge in [0.15, 0.2) is 5.82 Å². The summed E-state index contributed by atoms with van der Waals surface area (Å²) in [6.45, 7) is 4.75. The molecule has 0 unspecified atom stereocenters. The van der Waals surface area contributed by atoms with E-state index in [0.29, 0.717) is 5.82 Å². The molecule has 1 heterocycles. The van der Waals surface area contributed by atoms with E-state index in [9.17, 15) is 8.78 Å². The lowest BCUT2D eigenvalue weighted by Crippen LogP contribution is -2.06. The van der Waals surface area contributed by atoms with Crippen molar-refractivity contribution >= 4 is 21.7 Å². The van der Waals surface area contributed by atoms with E-state index in [-0.39, 0.29) is 5.56 Å². The first kappa shape index (κ1) is 15.8. The minimum Gasteiger partial charge on any atom is -0.369 e. The number of aryl methyl sites for hydroxylation is 1. The molecule has 0 amide bonds. The fourth-order valence-electron chi connectivity index (χ4n) is 1.83. The van der Waals surface area contributed by atoms with Gasteiger partial charge in [0.2, 0.25) is 0 Å². The van der Waals surface area contributed by atoms with Crippen molar-refractivity contribution in [3.8, 4) is 11.4 Å². The van der Waals surface area contributed by atoms with Crippen molar-refractivity contribution in [2.45, 2.75) is 26.7 Å². The van der Waals surface area contributed by atoms with Gasteiger partial charge in [-0.25, -0.2) is 18.7 Å². The molecule has 0 atom stereocenters. The predicted octanol–water partition coefficient (Wildman–Crippen LogP) is 4.97. The molecule has 1 N–H and O–H groups in total. The van der Waals surface area contributed by atoms with Crippen LogP contribution in [0.25, 0.3) is 11.4 Å². The SMILES string of the molecule is CCCNc1nc(-c2ccc(C(F)F)cc2)nc(C)c1Br. The Morgan fingerprint density at radius 2 is 1.86 bits per heavy atom. The second kappa shape index (κ2) is 6.93. The summed E-state index contributed by atoms with van der Waals surface area (Å²) in [6, 6.07) is 6.04. The zero-order valence-corrected chi connectivity index (χ0v) is 13.4. The van der Waals surface area contributed by atoms with Crippen molar-refractivity contribution in [1.29, 1.82) is 0 Å². The Morgan fingerprint density at radius 1 is 1.19 bits per heavy atom. The normalized spacial score (nSPS) is 11.0. The second-order valence-corrected chi connectivity index (χ2v) is 5.44. The van der Waals surface area contributed by atoms with Crippen LogP contribution in [-0.4, -0.2) is 16.5 Å². The highest BCUT2D eigenvalue weighted by Gasteiger charge is 2.12. The Labute approximate surface area is 131 Å². The summed E-state index contributed by atoms with van der Waals surface area (Å²) in [6.07, 6.45) is -1.48. The van der Waals surface area contributed by atoms with Crippen LogP contribution in [0.1, 0.15) is 31.0 Å². The summed E-state index contributed by atoms with van der Waals surface area (Å²) in [7, 11) is 0. The first-order chi connectivity index (χ1) is 10.0. The zero-order valence-electron chi connectivity index (χ0n) is 11.8. The lowest BCUT2D eigenvalue weighted by Gasteiger charge is -2.11. The molecule has 0 spiro atoms. The topological polar surface area (TPSA) is 37.8 Å². The summed E-state index contributed by atoms with van der Waals surface area (Å²) >= 11 is 3.46. The molecule has 6 heteroatoms. The number of anilines is 1. The van der Waals surface area contributed by atoms with Crippen molar-refractivity contribution in [3.05, 3.63) is 40.0 Å². The molecule has 3 nitrogen and oxygen atoms in total. The van der Waals surface area contributed by atoms with Gasteiger partial charge in [-0.2, -0.15) is 0 Å². The molecule has 1 aromatic heterocycles. The summed E-state index contributed by atoms with van der Waals surface area (Å²) in [5.41, 5.74) is 1.52. The van der Waals surface area contributed by atoms with E-state index in [4.69, 9.17) is 0 Å². The van der Waals surface area contributed by atoms with Crippen LogP contribution in [0.2, 0.25) is 0 Å². The molecule has 2 rings (SSSR count). The van der Waals surface area contributed by atoms with Crippen LogP contribution >= 0.6 is 15.9 Å². The Hall–Kier alpha value is -1.56. The van der Waals surface area contributed by atoms with Gasteiger partial charge in [-0.1, -0.05) is 31.2 Å². The number of benzene rings is 1. The number of aromatic nitrogens is 2. The standard InChI is InChI=1S/C15H16BrF2N3/c1-3-8-19-15-12(16)9(2)20-14(21-15)11-6-4-10(5-7-11)13(17)18/h4-7,13H,3,8H2,1-2H3,(H,19,20,21). The number of nitrogens with zero attached hydrogens (tertiary/aromatic N) is 2. The Bertz CT molecular complexity index is 615. The summed E-state index contributed by atoms with van der Waals surface area (Å²) in [5, 5.41) is 3.23. The first-order valence-electron chi connectivity index (χ1n) is 6.69. The van der Waals surface area contributed by atoms with E-state index in [0.717, 1.165) is 34.5 Å². The predicted molar refractivity (Wildman–Crippen MR) is 83.6 cm³/mol. The van der Waals surface area contributed by atoms with Gasteiger partial charge in [0, 0.05) is 17.7 Å². The molecule has 2 aromatic rings. The third kappa shape index (κ3) is 3.75. The summed E-state index contributed by atoms with van der Waals surface area (Å²) < 4.78 is 26.0. The van der Waals surface area contributed by atoms with Crippen LogP contribution in [-0.2, 0) is 0 Å². The highest BCUT2D eigenvalue weighted by atomic mass is 79.9. The number of rotatable bonds is 5. The lowest BCUT2D eigenvalue weighted by molar-refractivity contribution is 0.151. The van der Waals surface area contributed by atoms with Crippen molar-refractivity contribution < 1.29 is 8.78 Å². The smallest absolute Gasteiger partial charge is 0.263 e. The number of hydrogen-bond donors (Lipinski definition) is 1. The van der Waals surface area contributed by atoms with Crippen molar-refractivity contribution in [2.75, 3.05) is 11.9 Å². The van der Waals surface area contributed by atoms with E-state index in [1.807, 2.05) is 6.92 Å². The molecule has 0 saturated heterocycles. The Kier molecular flexibility index (Phi) is 5.22. The van der Waals surface area contributed by atoms with Gasteiger partial charge in [0.25, 0.3) is 6.43 Å². The summed E-state index contributed by atoms with van der Waals surface area (Å²) in [5.74, 6) is 1.24. The fourth-order valence-corrected chi connectivity index (χ4v) is 2.14. The fraction of sp³-hybridized carbons (Fsp3) is 0.333. The molecule has 0 radical (unpaired) electrons. The van der Waals surface area contributed by atoms with E-state index >= 15 is 0 Å². The zero-order chi connectivity index (χ0) is 15.4. The molecular weight excluding hydrogens is 340 g/mol. The van der Waals surface area contributed by atoms with Gasteiger partial charge in [0.05, 0.1) is 10.2 Å². The molecule has 1 aromatic carbocycles. The van der Waals surface area contributed by atoms with Crippen LogP contribution in [0.3, 0.4) is 0 Å². The Balaban J connectivity index is 2.36. The van der Waals surface area contributed by atoms with Crippen LogP contribution in [0.4, 0.5) is 14.6 Å². The van der Waals surface area contributed by atoms with Crippen molar-refractivity contribution in [2.24, 2.45) is 0 Å². The molecule has 0 saturated carbocycles. The number of hydrogen-bond acceptors (Lipinski definition) is 3. The monoisotopic (exact) mass is 355 g/mol. The maximum atomic E-state index is 12.6. The van der Waals surface area contributed by atoms with Crippen molar-refractivity contribution in [1.82, 2.24) is 9.97 Å². The maximum absolute atomic E-state index is 12.6. The van der Waals surface area contributed by atoms with Gasteiger partial charge < -0.3 is 5.32 Å². The number of alkyl halides is 2. The summed E-state index contributed by atoms with van der Waals surface area (Å²) in [4.78, 5) is 8.86. The molecule has 0 aliphatic carbocycles. The molecule has 0 fully saturated rings. The average molecular weight is 356 g/mol. The highest BCUT2D eigenvalue weighted by Crippen LogP contribution is 2.28. The quantitative estimate of drug-likeness (QED) is 0.822. The molecule has 0 bridgehead atoms. The number of nitrogens with one attached hydrogen (secondary N) is 1. The van der Waals surface area contributed by atoms with Crippen molar-refractivity contribution in [3.63, 3.8) is 0 Å². The van der Waals surface area contributed by atoms with Gasteiger partial charge in [-0.15, -0.1) is 0 Å². The first-order valence-corrected chi connectivity index (χ1v) is 7.48. The van der Waals surface area contributed by atoms with Gasteiger partial charge in [-0.3, -0.25) is 0 Å². The van der Waals surface area contributed by atoms with Gasteiger partial charge in [0.1, 0.15) is 5.82 Å². The molecule has 21 heavy (non-hydrogen) atoms. The largest absolute Gasteiger partial charge is 0.369 e. The van der Waals surface area contributed by atoms with Gasteiger partial charge >= 0.3 is 0 Å². The minimum atomic E-state index is -2.46. The van der Waals surface area contributed by atoms with Crippen LogP contribution in [0.5, 0.6) is 0 Å². The van der Waals surface area contributed by atoms with E-state index in [1.54, 1.807) is 12.1 Å². The van der Waals surface area contributed by atoms with Crippen LogP contribution in [0.15, 0.2) is 28.7 Å². The Morgan fingerprint density at radius 3 is 2.43 bits per heavy atom. The molecule has 0 aliphatic heterocycles. The highest BCUT2D eigenvalue weighted by molar-refractivity contribution is 9.10. The third-order valence-corrected chi connectivity index (χ3v) is 3.93. The molecule has 0 aliphatic rings. The molecule has 112 valence electrons. The average Bonchev–Trinajstić information content (AvgIpc) is 2.48. The number of halogens is 3. The second-order valence-electron chi connectivity index (χ2n) is 4.64. The van der Waals surface area contributed by atoms with E-state index in [1.165, 1.54) is 12.1 Å². The van der Waals surface area contributed by atoms with Gasteiger partial charge in [-0.05, 0) is 29.3 Å². The molecular formula is C15H16BrF2N3. The van der Waals surface area contributed by atoms with Crippen LogP contribution < -0.4 is 5.32 Å². The van der Waals surface area contributed by atoms with Crippen LogP contribution in [0, 0.1) is 6.92 Å². The lowest BCUT2D eigenvalue weighted by atomic mass is 10.1. The maximum Gasteiger partial charge on any atom is 0.263 e. The van der Waals surface area contributed by atoms with E-state index in [2.05, 4.69) is 38.1 Å². The van der Waals surface area contributed by atoms with E-state index < -0.39 is 6.43 Å².